The minimum Gasteiger partial charge on any atom is -0.282 e. The zero-order valence-corrected chi connectivity index (χ0v) is 19.6. The third-order valence-corrected chi connectivity index (χ3v) is 6.73. The van der Waals surface area contributed by atoms with Gasteiger partial charge in [-0.3, -0.25) is 14.7 Å². The molecule has 4 aromatic rings. The van der Waals surface area contributed by atoms with Crippen molar-refractivity contribution in [3.63, 3.8) is 0 Å². The second kappa shape index (κ2) is 8.46. The molecule has 0 radical (unpaired) electrons. The highest BCUT2D eigenvalue weighted by Gasteiger charge is 2.48. The van der Waals surface area contributed by atoms with Gasteiger partial charge in [0, 0.05) is 22.7 Å². The SMILES string of the molecule is CS(=O)(=O)Nc1ccc(-c2cc(-c3cnn(C4(CC#N)CC(C#N)C4)n3)c3cccnc3c2)nc1. The standard InChI is InChI=1S/C24H20N8O2S/c1-35(33,34)31-18-4-5-21(28-14-18)17-9-20(19-3-2-8-27-22(19)10-17)23-15-29-32(30-23)24(6-7-25)11-16(12-24)13-26/h2-5,8-10,14-16,31H,6,11-12H2,1H3. The third kappa shape index (κ3) is 4.29. The van der Waals surface area contributed by atoms with Crippen LogP contribution in [0.5, 0.6) is 0 Å². The third-order valence-electron chi connectivity index (χ3n) is 6.12. The normalized spacial score (nSPS) is 19.5. The average Bonchev–Trinajstić information content (AvgIpc) is 3.30. The zero-order valence-electron chi connectivity index (χ0n) is 18.8. The summed E-state index contributed by atoms with van der Waals surface area (Å²) in [4.78, 5) is 10.5. The Morgan fingerprint density at radius 2 is 1.97 bits per heavy atom. The first-order valence-corrected chi connectivity index (χ1v) is 12.7. The van der Waals surface area contributed by atoms with Crippen molar-refractivity contribution in [2.24, 2.45) is 5.92 Å². The van der Waals surface area contributed by atoms with Crippen molar-refractivity contribution in [1.82, 2.24) is 25.0 Å². The van der Waals surface area contributed by atoms with Gasteiger partial charge in [-0.2, -0.15) is 25.5 Å². The van der Waals surface area contributed by atoms with Gasteiger partial charge in [0.05, 0.1) is 65.6 Å². The summed E-state index contributed by atoms with van der Waals surface area (Å²) in [5, 5.41) is 28.6. The van der Waals surface area contributed by atoms with Gasteiger partial charge >= 0.3 is 0 Å². The molecule has 1 aromatic carbocycles. The number of pyridine rings is 2. The number of sulfonamides is 1. The molecule has 3 aromatic heterocycles. The van der Waals surface area contributed by atoms with E-state index in [2.05, 4.69) is 31.9 Å². The molecule has 1 aliphatic rings. The van der Waals surface area contributed by atoms with E-state index in [1.807, 2.05) is 24.3 Å². The predicted octanol–water partition coefficient (Wildman–Crippen LogP) is 3.47. The van der Waals surface area contributed by atoms with Gasteiger partial charge in [-0.05, 0) is 43.2 Å². The Labute approximate surface area is 201 Å². The van der Waals surface area contributed by atoms with Gasteiger partial charge in [-0.1, -0.05) is 6.07 Å². The largest absolute Gasteiger partial charge is 0.282 e. The molecule has 0 bridgehead atoms. The van der Waals surface area contributed by atoms with Crippen LogP contribution in [0, 0.1) is 28.6 Å². The lowest BCUT2D eigenvalue weighted by atomic mass is 9.68. The van der Waals surface area contributed by atoms with Crippen molar-refractivity contribution < 1.29 is 8.42 Å². The maximum atomic E-state index is 11.5. The van der Waals surface area contributed by atoms with E-state index in [9.17, 15) is 18.9 Å². The predicted molar refractivity (Wildman–Crippen MR) is 129 cm³/mol. The van der Waals surface area contributed by atoms with Gasteiger partial charge in [0.15, 0.2) is 0 Å². The van der Waals surface area contributed by atoms with Crippen LogP contribution in [-0.4, -0.2) is 39.6 Å². The van der Waals surface area contributed by atoms with Crippen molar-refractivity contribution in [3.05, 3.63) is 55.0 Å². The highest BCUT2D eigenvalue weighted by Crippen LogP contribution is 2.45. The number of nitrogens with zero attached hydrogens (tertiary/aromatic N) is 7. The number of fused-ring (bicyclic) bond motifs is 1. The molecule has 35 heavy (non-hydrogen) atoms. The second-order valence-corrected chi connectivity index (χ2v) is 10.5. The Kier molecular flexibility index (Phi) is 5.42. The number of hydrogen-bond acceptors (Lipinski definition) is 8. The molecular formula is C24H20N8O2S. The number of hydrogen-bond donors (Lipinski definition) is 1. The monoisotopic (exact) mass is 484 g/mol. The molecule has 11 heteroatoms. The quantitative estimate of drug-likeness (QED) is 0.437. The van der Waals surface area contributed by atoms with Crippen molar-refractivity contribution in [2.45, 2.75) is 24.8 Å². The molecule has 5 rings (SSSR count). The Bertz CT molecular complexity index is 1610. The lowest BCUT2D eigenvalue weighted by molar-refractivity contribution is 0.0713. The Morgan fingerprint density at radius 1 is 1.14 bits per heavy atom. The van der Waals surface area contributed by atoms with Gasteiger partial charge in [0.25, 0.3) is 0 Å². The van der Waals surface area contributed by atoms with E-state index in [0.29, 0.717) is 29.9 Å². The van der Waals surface area contributed by atoms with Crippen LogP contribution < -0.4 is 4.72 Å². The van der Waals surface area contributed by atoms with Crippen LogP contribution in [0.1, 0.15) is 19.3 Å². The van der Waals surface area contributed by atoms with Crippen molar-refractivity contribution in [1.29, 1.82) is 10.5 Å². The number of aromatic nitrogens is 5. The van der Waals surface area contributed by atoms with Gasteiger partial charge in [-0.15, -0.1) is 0 Å². The van der Waals surface area contributed by atoms with Gasteiger partial charge in [0.2, 0.25) is 10.0 Å². The molecule has 1 N–H and O–H groups in total. The molecule has 1 aliphatic carbocycles. The Morgan fingerprint density at radius 3 is 2.66 bits per heavy atom. The van der Waals surface area contributed by atoms with E-state index in [1.54, 1.807) is 29.3 Å². The second-order valence-electron chi connectivity index (χ2n) is 8.71. The fourth-order valence-electron chi connectivity index (χ4n) is 4.47. The smallest absolute Gasteiger partial charge is 0.229 e. The Balaban J connectivity index is 1.56. The number of anilines is 1. The summed E-state index contributed by atoms with van der Waals surface area (Å²) < 4.78 is 25.4. The first-order valence-electron chi connectivity index (χ1n) is 10.8. The van der Waals surface area contributed by atoms with Crippen LogP contribution in [0.15, 0.2) is 55.0 Å². The van der Waals surface area contributed by atoms with Crippen molar-refractivity contribution >= 4 is 26.6 Å². The van der Waals surface area contributed by atoms with Gasteiger partial charge in [-0.25, -0.2) is 8.42 Å². The fraction of sp³-hybridized carbons (Fsp3) is 0.250. The summed E-state index contributed by atoms with van der Waals surface area (Å²) >= 11 is 0. The molecular weight excluding hydrogens is 464 g/mol. The van der Waals surface area contributed by atoms with Crippen molar-refractivity contribution in [3.8, 4) is 34.7 Å². The summed E-state index contributed by atoms with van der Waals surface area (Å²) in [6.45, 7) is 0. The maximum absolute atomic E-state index is 11.5. The van der Waals surface area contributed by atoms with Crippen LogP contribution >= 0.6 is 0 Å². The van der Waals surface area contributed by atoms with Crippen LogP contribution in [-0.2, 0) is 15.6 Å². The minimum atomic E-state index is -3.40. The zero-order chi connectivity index (χ0) is 24.6. The average molecular weight is 485 g/mol. The minimum absolute atomic E-state index is 0.0996. The number of nitrogens with one attached hydrogen (secondary N) is 1. The molecule has 1 fully saturated rings. The van der Waals surface area contributed by atoms with E-state index in [0.717, 1.165) is 28.3 Å². The topological polar surface area (TPSA) is 150 Å². The molecule has 3 heterocycles. The Hall–Kier alpha value is -4.35. The van der Waals surface area contributed by atoms with Crippen LogP contribution in [0.4, 0.5) is 5.69 Å². The number of benzene rings is 1. The molecule has 0 atom stereocenters. The number of nitriles is 2. The number of rotatable bonds is 6. The molecule has 0 amide bonds. The summed E-state index contributed by atoms with van der Waals surface area (Å²) in [5.41, 5.74) is 3.40. The molecule has 0 saturated heterocycles. The van der Waals surface area contributed by atoms with Gasteiger partial charge < -0.3 is 0 Å². The summed E-state index contributed by atoms with van der Waals surface area (Å²) in [5.74, 6) is -0.0996. The van der Waals surface area contributed by atoms with Crippen LogP contribution in [0.3, 0.4) is 0 Å². The lowest BCUT2D eigenvalue weighted by Crippen LogP contribution is -2.47. The highest BCUT2D eigenvalue weighted by molar-refractivity contribution is 7.92. The first kappa shape index (κ1) is 22.4. The maximum Gasteiger partial charge on any atom is 0.229 e. The highest BCUT2D eigenvalue weighted by atomic mass is 32.2. The van der Waals surface area contributed by atoms with Gasteiger partial charge in [0.1, 0.15) is 5.69 Å². The van der Waals surface area contributed by atoms with E-state index in [1.165, 1.54) is 6.20 Å². The molecule has 174 valence electrons. The fourth-order valence-corrected chi connectivity index (χ4v) is 5.02. The molecule has 10 nitrogen and oxygen atoms in total. The molecule has 0 spiro atoms. The summed E-state index contributed by atoms with van der Waals surface area (Å²) in [6.07, 6.45) is 7.24. The molecule has 0 aliphatic heterocycles. The van der Waals surface area contributed by atoms with E-state index in [4.69, 9.17) is 5.10 Å². The molecule has 0 unspecified atom stereocenters. The van der Waals surface area contributed by atoms with E-state index < -0.39 is 15.6 Å². The summed E-state index contributed by atoms with van der Waals surface area (Å²) in [6, 6.07) is 15.5. The van der Waals surface area contributed by atoms with Crippen molar-refractivity contribution in [2.75, 3.05) is 11.0 Å². The first-order chi connectivity index (χ1) is 16.8. The van der Waals surface area contributed by atoms with E-state index in [-0.39, 0.29) is 12.3 Å². The lowest BCUT2D eigenvalue weighted by Gasteiger charge is -2.42. The molecule has 1 saturated carbocycles. The van der Waals surface area contributed by atoms with Crippen LogP contribution in [0.25, 0.3) is 33.4 Å². The summed E-state index contributed by atoms with van der Waals surface area (Å²) in [7, 11) is -3.40. The van der Waals surface area contributed by atoms with E-state index >= 15 is 0 Å². The van der Waals surface area contributed by atoms with Crippen LogP contribution in [0.2, 0.25) is 0 Å².